The normalized spacial score (nSPS) is 26.3. The van der Waals surface area contributed by atoms with Crippen molar-refractivity contribution in [2.75, 3.05) is 26.2 Å². The second kappa shape index (κ2) is 11.1. The van der Waals surface area contributed by atoms with Crippen LogP contribution in [0.4, 0.5) is 0 Å². The first kappa shape index (κ1) is 22.2. The number of piperidine rings is 1. The molecule has 0 N–H and O–H groups in total. The van der Waals surface area contributed by atoms with Crippen LogP contribution in [-0.4, -0.2) is 47.8 Å². The summed E-state index contributed by atoms with van der Waals surface area (Å²) in [6.45, 7) is 12.0. The Balaban J connectivity index is 1.69. The number of benzene rings is 1. The minimum absolute atomic E-state index is 0.322. The summed E-state index contributed by atoms with van der Waals surface area (Å²) in [5.74, 6) is 1.66. The molecule has 0 amide bonds. The van der Waals surface area contributed by atoms with Gasteiger partial charge in [0.2, 0.25) is 0 Å². The molecule has 2 heterocycles. The quantitative estimate of drug-likeness (QED) is 0.528. The second-order valence-corrected chi connectivity index (χ2v) is 9.24. The van der Waals surface area contributed by atoms with Gasteiger partial charge in [-0.3, -0.25) is 14.6 Å². The summed E-state index contributed by atoms with van der Waals surface area (Å²) in [5.41, 5.74) is 3.01. The number of carbonyl (C=O) groups excluding carboxylic acids is 1. The SMILES string of the molecule is CCCCN1CC(C2CCN(Cc3ccccc3)C(CC(C)=O)C2)=CC(CC)C1. The summed E-state index contributed by atoms with van der Waals surface area (Å²) in [6, 6.07) is 11.1. The molecule has 0 saturated carbocycles. The van der Waals surface area contributed by atoms with E-state index in [1.54, 1.807) is 12.5 Å². The average Bonchev–Trinajstić information content (AvgIpc) is 2.73. The fraction of sp³-hybridized carbons (Fsp3) is 0.654. The summed E-state index contributed by atoms with van der Waals surface area (Å²) in [5, 5.41) is 0. The fourth-order valence-corrected chi connectivity index (χ4v) is 5.13. The molecule has 3 nitrogen and oxygen atoms in total. The average molecular weight is 397 g/mol. The lowest BCUT2D eigenvalue weighted by atomic mass is 9.80. The molecule has 0 bridgehead atoms. The Bertz CT molecular complexity index is 669. The molecular formula is C26H40N2O. The van der Waals surface area contributed by atoms with Gasteiger partial charge in [-0.2, -0.15) is 0 Å². The highest BCUT2D eigenvalue weighted by Crippen LogP contribution is 2.34. The number of carbonyl (C=O) groups is 1. The van der Waals surface area contributed by atoms with E-state index in [0.29, 0.717) is 30.1 Å². The number of rotatable bonds is 9. The number of Topliss-reactive ketones (excluding diaryl/α,β-unsaturated/α-hetero) is 1. The minimum Gasteiger partial charge on any atom is -0.300 e. The van der Waals surface area contributed by atoms with E-state index in [4.69, 9.17) is 0 Å². The molecule has 1 aromatic rings. The fourth-order valence-electron chi connectivity index (χ4n) is 5.13. The zero-order valence-electron chi connectivity index (χ0n) is 18.8. The summed E-state index contributed by atoms with van der Waals surface area (Å²) in [7, 11) is 0. The number of unbranched alkanes of at least 4 members (excludes halogenated alkanes) is 1. The molecule has 3 rings (SSSR count). The van der Waals surface area contributed by atoms with Gasteiger partial charge in [-0.1, -0.05) is 62.2 Å². The van der Waals surface area contributed by atoms with Crippen LogP contribution in [0.3, 0.4) is 0 Å². The van der Waals surface area contributed by atoms with E-state index < -0.39 is 0 Å². The van der Waals surface area contributed by atoms with Crippen molar-refractivity contribution in [2.45, 2.75) is 71.9 Å². The van der Waals surface area contributed by atoms with Crippen molar-refractivity contribution in [1.82, 2.24) is 9.80 Å². The van der Waals surface area contributed by atoms with Crippen molar-refractivity contribution < 1.29 is 4.79 Å². The monoisotopic (exact) mass is 396 g/mol. The first-order chi connectivity index (χ1) is 14.1. The van der Waals surface area contributed by atoms with Crippen molar-refractivity contribution in [3.63, 3.8) is 0 Å². The van der Waals surface area contributed by atoms with E-state index in [2.05, 4.69) is 60.1 Å². The highest BCUT2D eigenvalue weighted by Gasteiger charge is 2.33. The number of hydrogen-bond donors (Lipinski definition) is 0. The number of nitrogens with zero attached hydrogens (tertiary/aromatic N) is 2. The van der Waals surface area contributed by atoms with Crippen LogP contribution in [0, 0.1) is 11.8 Å². The maximum Gasteiger partial charge on any atom is 0.131 e. The third-order valence-electron chi connectivity index (χ3n) is 6.81. The van der Waals surface area contributed by atoms with Gasteiger partial charge in [-0.15, -0.1) is 0 Å². The molecule has 0 aromatic heterocycles. The Kier molecular flexibility index (Phi) is 8.50. The molecule has 29 heavy (non-hydrogen) atoms. The molecule has 1 saturated heterocycles. The molecule has 0 spiro atoms. The molecule has 1 fully saturated rings. The third kappa shape index (κ3) is 6.52. The van der Waals surface area contributed by atoms with E-state index in [0.717, 1.165) is 26.1 Å². The zero-order chi connectivity index (χ0) is 20.6. The summed E-state index contributed by atoms with van der Waals surface area (Å²) >= 11 is 0. The van der Waals surface area contributed by atoms with E-state index in [1.165, 1.54) is 44.3 Å². The highest BCUT2D eigenvalue weighted by atomic mass is 16.1. The third-order valence-corrected chi connectivity index (χ3v) is 6.81. The van der Waals surface area contributed by atoms with E-state index >= 15 is 0 Å². The van der Waals surface area contributed by atoms with E-state index in [1.807, 2.05) is 0 Å². The van der Waals surface area contributed by atoms with Gasteiger partial charge in [-0.25, -0.2) is 0 Å². The maximum absolute atomic E-state index is 12.0. The van der Waals surface area contributed by atoms with E-state index in [-0.39, 0.29) is 0 Å². The Morgan fingerprint density at radius 2 is 1.97 bits per heavy atom. The van der Waals surface area contributed by atoms with Crippen LogP contribution >= 0.6 is 0 Å². The van der Waals surface area contributed by atoms with Crippen LogP contribution in [0.2, 0.25) is 0 Å². The van der Waals surface area contributed by atoms with Crippen molar-refractivity contribution in [3.05, 3.63) is 47.5 Å². The van der Waals surface area contributed by atoms with Gasteiger partial charge in [0.25, 0.3) is 0 Å². The first-order valence-corrected chi connectivity index (χ1v) is 11.8. The van der Waals surface area contributed by atoms with E-state index in [9.17, 15) is 4.79 Å². The summed E-state index contributed by atoms with van der Waals surface area (Å²) in [4.78, 5) is 17.3. The van der Waals surface area contributed by atoms with Gasteiger partial charge in [0.05, 0.1) is 0 Å². The van der Waals surface area contributed by atoms with Crippen LogP contribution in [0.15, 0.2) is 42.0 Å². The lowest BCUT2D eigenvalue weighted by molar-refractivity contribution is -0.118. The van der Waals surface area contributed by atoms with Crippen LogP contribution in [0.5, 0.6) is 0 Å². The molecule has 2 aliphatic heterocycles. The number of ketones is 1. The van der Waals surface area contributed by atoms with Crippen LogP contribution in [0.25, 0.3) is 0 Å². The molecule has 0 aliphatic carbocycles. The maximum atomic E-state index is 12.0. The predicted molar refractivity (Wildman–Crippen MR) is 122 cm³/mol. The van der Waals surface area contributed by atoms with Gasteiger partial charge >= 0.3 is 0 Å². The Hall–Kier alpha value is -1.45. The van der Waals surface area contributed by atoms with Crippen molar-refractivity contribution in [1.29, 1.82) is 0 Å². The van der Waals surface area contributed by atoms with Crippen LogP contribution < -0.4 is 0 Å². The largest absolute Gasteiger partial charge is 0.300 e. The molecule has 3 unspecified atom stereocenters. The smallest absolute Gasteiger partial charge is 0.131 e. The lowest BCUT2D eigenvalue weighted by Crippen LogP contribution is -2.45. The number of likely N-dealkylation sites (tertiary alicyclic amines) is 1. The standard InChI is InChI=1S/C26H40N2O/c1-4-6-13-27-18-22(5-2)16-25(20-27)24-12-14-28(26(17-24)15-21(3)29)19-23-10-8-7-9-11-23/h7-11,16,22,24,26H,4-6,12-15,17-20H2,1-3H3. The van der Waals surface area contributed by atoms with Crippen LogP contribution in [-0.2, 0) is 11.3 Å². The molecular weight excluding hydrogens is 356 g/mol. The lowest BCUT2D eigenvalue weighted by Gasteiger charge is -2.42. The molecule has 3 heteroatoms. The topological polar surface area (TPSA) is 23.6 Å². The Morgan fingerprint density at radius 1 is 1.17 bits per heavy atom. The molecule has 0 radical (unpaired) electrons. The summed E-state index contributed by atoms with van der Waals surface area (Å²) in [6.07, 6.45) is 9.45. The van der Waals surface area contributed by atoms with Gasteiger partial charge < -0.3 is 0 Å². The molecule has 1 aromatic carbocycles. The highest BCUT2D eigenvalue weighted by molar-refractivity contribution is 5.76. The molecule has 160 valence electrons. The zero-order valence-corrected chi connectivity index (χ0v) is 18.8. The first-order valence-electron chi connectivity index (χ1n) is 11.8. The summed E-state index contributed by atoms with van der Waals surface area (Å²) < 4.78 is 0. The minimum atomic E-state index is 0.322. The van der Waals surface area contributed by atoms with Crippen molar-refractivity contribution in [3.8, 4) is 0 Å². The van der Waals surface area contributed by atoms with Crippen molar-refractivity contribution in [2.24, 2.45) is 11.8 Å². The Labute approximate surface area is 178 Å². The van der Waals surface area contributed by atoms with Crippen LogP contribution in [0.1, 0.15) is 64.9 Å². The molecule has 3 atom stereocenters. The van der Waals surface area contributed by atoms with Crippen molar-refractivity contribution >= 4 is 5.78 Å². The number of hydrogen-bond acceptors (Lipinski definition) is 3. The predicted octanol–water partition coefficient (Wildman–Crippen LogP) is 5.31. The van der Waals surface area contributed by atoms with Gasteiger partial charge in [-0.05, 0) is 63.1 Å². The molecule has 2 aliphatic rings. The van der Waals surface area contributed by atoms with Gasteiger partial charge in [0.1, 0.15) is 5.78 Å². The Morgan fingerprint density at radius 3 is 2.66 bits per heavy atom. The van der Waals surface area contributed by atoms with Gasteiger partial charge in [0, 0.05) is 32.1 Å². The second-order valence-electron chi connectivity index (χ2n) is 9.24. The van der Waals surface area contributed by atoms with Gasteiger partial charge in [0.15, 0.2) is 0 Å².